The second kappa shape index (κ2) is 8.63. The van der Waals surface area contributed by atoms with Crippen molar-refractivity contribution in [3.8, 4) is 22.5 Å². The maximum atomic E-state index is 5.91. The van der Waals surface area contributed by atoms with Crippen LogP contribution in [0.4, 0.5) is 5.82 Å². The Kier molecular flexibility index (Phi) is 5.30. The number of hydrogen-bond donors (Lipinski definition) is 0. The summed E-state index contributed by atoms with van der Waals surface area (Å²) in [4.78, 5) is 12.4. The lowest BCUT2D eigenvalue weighted by molar-refractivity contribution is 0.0939. The number of morpholine rings is 1. The van der Waals surface area contributed by atoms with Crippen LogP contribution in [0, 0.1) is 13.8 Å². The first-order chi connectivity index (χ1) is 17.1. The Morgan fingerprint density at radius 1 is 1.00 bits per heavy atom. The predicted molar refractivity (Wildman–Crippen MR) is 134 cm³/mol. The fourth-order valence-electron chi connectivity index (χ4n) is 4.86. The third-order valence-electron chi connectivity index (χ3n) is 6.55. The first-order valence-corrected chi connectivity index (χ1v) is 11.7. The van der Waals surface area contributed by atoms with E-state index in [2.05, 4.69) is 57.6 Å². The molecular formula is C27H26N6O2. The van der Waals surface area contributed by atoms with Gasteiger partial charge in [0, 0.05) is 30.7 Å². The standard InChI is InChI=1S/C27H26N6O2/c1-17-25(18(2)35-31-17)20-9-10-23-22(13-20)27(30-26(29-23)21-14-28-32(3)15-21)33-11-12-34-16-24(33)19-7-5-4-6-8-19/h4-10,13-15,24H,11-12,16H2,1-3H3/t24-/m1/s1. The van der Waals surface area contributed by atoms with Crippen LogP contribution in [0.25, 0.3) is 33.4 Å². The maximum Gasteiger partial charge on any atom is 0.165 e. The van der Waals surface area contributed by atoms with Crippen molar-refractivity contribution < 1.29 is 9.26 Å². The van der Waals surface area contributed by atoms with Crippen LogP contribution >= 0.6 is 0 Å². The summed E-state index contributed by atoms with van der Waals surface area (Å²) < 4.78 is 13.1. The fraction of sp³-hybridized carbons (Fsp3) is 0.259. The van der Waals surface area contributed by atoms with Crippen LogP contribution in [-0.2, 0) is 11.8 Å². The van der Waals surface area contributed by atoms with Crippen LogP contribution in [0.2, 0.25) is 0 Å². The van der Waals surface area contributed by atoms with Crippen molar-refractivity contribution in [2.45, 2.75) is 19.9 Å². The van der Waals surface area contributed by atoms with Crippen LogP contribution in [0.5, 0.6) is 0 Å². The van der Waals surface area contributed by atoms with E-state index in [1.807, 2.05) is 33.2 Å². The molecule has 6 rings (SSSR count). The third kappa shape index (κ3) is 3.85. The summed E-state index contributed by atoms with van der Waals surface area (Å²) in [6.07, 6.45) is 3.74. The average Bonchev–Trinajstić information content (AvgIpc) is 3.48. The topological polar surface area (TPSA) is 82.1 Å². The van der Waals surface area contributed by atoms with E-state index in [-0.39, 0.29) is 6.04 Å². The minimum Gasteiger partial charge on any atom is -0.377 e. The number of aryl methyl sites for hydroxylation is 3. The molecule has 0 N–H and O–H groups in total. The Hall–Kier alpha value is -4.04. The van der Waals surface area contributed by atoms with Crippen LogP contribution in [0.1, 0.15) is 23.1 Å². The molecular weight excluding hydrogens is 440 g/mol. The molecule has 1 aliphatic rings. The van der Waals surface area contributed by atoms with Gasteiger partial charge >= 0.3 is 0 Å². The maximum absolute atomic E-state index is 5.91. The highest BCUT2D eigenvalue weighted by molar-refractivity contribution is 5.95. The number of nitrogens with zero attached hydrogens (tertiary/aromatic N) is 6. The molecule has 1 fully saturated rings. The summed E-state index contributed by atoms with van der Waals surface area (Å²) in [6.45, 7) is 5.87. The summed E-state index contributed by atoms with van der Waals surface area (Å²) in [6, 6.07) is 16.8. The van der Waals surface area contributed by atoms with Gasteiger partial charge in [0.15, 0.2) is 5.82 Å². The number of benzene rings is 2. The molecule has 8 heteroatoms. The molecule has 0 spiro atoms. The average molecular weight is 467 g/mol. The first kappa shape index (κ1) is 21.5. The Bertz CT molecular complexity index is 1490. The molecule has 8 nitrogen and oxygen atoms in total. The van der Waals surface area contributed by atoms with Crippen molar-refractivity contribution >= 4 is 16.7 Å². The summed E-state index contributed by atoms with van der Waals surface area (Å²) in [5, 5.41) is 9.47. The van der Waals surface area contributed by atoms with Gasteiger partial charge in [-0.3, -0.25) is 4.68 Å². The lowest BCUT2D eigenvalue weighted by Gasteiger charge is -2.37. The van der Waals surface area contributed by atoms with Gasteiger partial charge in [-0.15, -0.1) is 0 Å². The van der Waals surface area contributed by atoms with E-state index in [9.17, 15) is 0 Å². The van der Waals surface area contributed by atoms with Crippen LogP contribution in [0.15, 0.2) is 65.4 Å². The van der Waals surface area contributed by atoms with E-state index in [0.29, 0.717) is 19.0 Å². The van der Waals surface area contributed by atoms with Gasteiger partial charge < -0.3 is 14.2 Å². The first-order valence-electron chi connectivity index (χ1n) is 11.7. The normalized spacial score (nSPS) is 16.2. The van der Waals surface area contributed by atoms with Crippen molar-refractivity contribution in [2.24, 2.45) is 7.05 Å². The number of fused-ring (bicyclic) bond motifs is 1. The monoisotopic (exact) mass is 466 g/mol. The zero-order valence-electron chi connectivity index (χ0n) is 20.0. The van der Waals surface area contributed by atoms with Gasteiger partial charge in [0.25, 0.3) is 0 Å². The number of hydrogen-bond acceptors (Lipinski definition) is 7. The minimum absolute atomic E-state index is 0.0486. The molecule has 0 aliphatic carbocycles. The van der Waals surface area contributed by atoms with Crippen molar-refractivity contribution in [1.29, 1.82) is 0 Å². The van der Waals surface area contributed by atoms with Gasteiger partial charge in [0.2, 0.25) is 0 Å². The molecule has 2 aromatic carbocycles. The van der Waals surface area contributed by atoms with Crippen LogP contribution < -0.4 is 4.90 Å². The van der Waals surface area contributed by atoms with E-state index in [1.165, 1.54) is 5.56 Å². The molecule has 176 valence electrons. The Morgan fingerprint density at radius 2 is 1.86 bits per heavy atom. The molecule has 1 aliphatic heterocycles. The second-order valence-electron chi connectivity index (χ2n) is 8.90. The second-order valence-corrected chi connectivity index (χ2v) is 8.90. The Balaban J connectivity index is 1.57. The minimum atomic E-state index is 0.0486. The Morgan fingerprint density at radius 3 is 2.60 bits per heavy atom. The number of anilines is 1. The van der Waals surface area contributed by atoms with Crippen LogP contribution in [0.3, 0.4) is 0 Å². The SMILES string of the molecule is Cc1noc(C)c1-c1ccc2nc(-c3cnn(C)c3)nc(N3CCOC[C@@H]3c3ccccc3)c2c1. The van der Waals surface area contributed by atoms with Gasteiger partial charge in [0.05, 0.1) is 42.2 Å². The van der Waals surface area contributed by atoms with E-state index in [0.717, 1.165) is 51.4 Å². The molecule has 3 aromatic heterocycles. The Labute approximate surface area is 203 Å². The highest BCUT2D eigenvalue weighted by Gasteiger charge is 2.28. The van der Waals surface area contributed by atoms with E-state index in [4.69, 9.17) is 19.2 Å². The molecule has 1 saturated heterocycles. The molecule has 5 aromatic rings. The van der Waals surface area contributed by atoms with E-state index < -0.39 is 0 Å². The summed E-state index contributed by atoms with van der Waals surface area (Å²) >= 11 is 0. The smallest absolute Gasteiger partial charge is 0.165 e. The van der Waals surface area contributed by atoms with Crippen molar-refractivity contribution in [1.82, 2.24) is 24.9 Å². The number of aromatic nitrogens is 5. The van der Waals surface area contributed by atoms with Crippen molar-refractivity contribution in [3.05, 3.63) is 77.9 Å². The largest absolute Gasteiger partial charge is 0.377 e. The zero-order chi connectivity index (χ0) is 23.9. The molecule has 0 unspecified atom stereocenters. The quantitative estimate of drug-likeness (QED) is 0.373. The van der Waals surface area contributed by atoms with Crippen molar-refractivity contribution in [2.75, 3.05) is 24.7 Å². The molecule has 1 atom stereocenters. The van der Waals surface area contributed by atoms with E-state index in [1.54, 1.807) is 10.9 Å². The van der Waals surface area contributed by atoms with E-state index >= 15 is 0 Å². The highest BCUT2D eigenvalue weighted by atomic mass is 16.5. The summed E-state index contributed by atoms with van der Waals surface area (Å²) in [5.74, 6) is 2.34. The third-order valence-corrected chi connectivity index (χ3v) is 6.55. The summed E-state index contributed by atoms with van der Waals surface area (Å²) in [5.41, 5.74) is 5.87. The number of rotatable bonds is 4. The van der Waals surface area contributed by atoms with Gasteiger partial charge in [-0.2, -0.15) is 5.10 Å². The van der Waals surface area contributed by atoms with Crippen molar-refractivity contribution in [3.63, 3.8) is 0 Å². The highest BCUT2D eigenvalue weighted by Crippen LogP contribution is 2.37. The molecule has 0 radical (unpaired) electrons. The van der Waals surface area contributed by atoms with Gasteiger partial charge in [-0.1, -0.05) is 41.6 Å². The predicted octanol–water partition coefficient (Wildman–Crippen LogP) is 4.88. The van der Waals surface area contributed by atoms with Gasteiger partial charge in [-0.05, 0) is 37.1 Å². The molecule has 0 amide bonds. The van der Waals surface area contributed by atoms with Gasteiger partial charge in [-0.25, -0.2) is 9.97 Å². The zero-order valence-corrected chi connectivity index (χ0v) is 20.0. The summed E-state index contributed by atoms with van der Waals surface area (Å²) in [7, 11) is 1.90. The van der Waals surface area contributed by atoms with Crippen LogP contribution in [-0.4, -0.2) is 44.7 Å². The molecule has 4 heterocycles. The van der Waals surface area contributed by atoms with Gasteiger partial charge in [0.1, 0.15) is 11.6 Å². The fourth-order valence-corrected chi connectivity index (χ4v) is 4.86. The molecule has 0 bridgehead atoms. The number of ether oxygens (including phenoxy) is 1. The molecule has 35 heavy (non-hydrogen) atoms. The lowest BCUT2D eigenvalue weighted by atomic mass is 10.0. The lowest BCUT2D eigenvalue weighted by Crippen LogP contribution is -2.40. The molecule has 0 saturated carbocycles.